The van der Waals surface area contributed by atoms with Crippen molar-refractivity contribution >= 4 is 5.91 Å². The molecule has 1 N–H and O–H groups in total. The van der Waals surface area contributed by atoms with E-state index >= 15 is 0 Å². The van der Waals surface area contributed by atoms with Crippen molar-refractivity contribution in [2.24, 2.45) is 5.92 Å². The third-order valence-corrected chi connectivity index (χ3v) is 3.79. The minimum Gasteiger partial charge on any atom is -0.443 e. The number of nitrogens with zero attached hydrogens (tertiary/aromatic N) is 3. The van der Waals surface area contributed by atoms with Crippen LogP contribution in [0.3, 0.4) is 0 Å². The van der Waals surface area contributed by atoms with Crippen LogP contribution in [0.2, 0.25) is 0 Å². The van der Waals surface area contributed by atoms with Crippen LogP contribution in [0.1, 0.15) is 23.0 Å². The first-order valence-electron chi connectivity index (χ1n) is 7.88. The Hall–Kier alpha value is -2.89. The van der Waals surface area contributed by atoms with Gasteiger partial charge in [0.05, 0.1) is 6.33 Å². The Morgan fingerprint density at radius 1 is 1.33 bits per heavy atom. The van der Waals surface area contributed by atoms with Crippen LogP contribution < -0.4 is 5.32 Å². The minimum atomic E-state index is -0.225. The molecule has 0 radical (unpaired) electrons. The summed E-state index contributed by atoms with van der Waals surface area (Å²) in [5.41, 5.74) is 2.31. The van der Waals surface area contributed by atoms with Crippen molar-refractivity contribution in [3.63, 3.8) is 0 Å². The van der Waals surface area contributed by atoms with Crippen LogP contribution in [0, 0.1) is 12.8 Å². The number of aryl methyl sites for hydroxylation is 1. The molecule has 2 aromatic heterocycles. The summed E-state index contributed by atoms with van der Waals surface area (Å²) in [6.07, 6.45) is 6.73. The first kappa shape index (κ1) is 16.0. The number of oxazole rings is 1. The number of carbonyl (C=O) groups excluding carboxylic acids is 1. The lowest BCUT2D eigenvalue weighted by Crippen LogP contribution is -2.30. The second-order valence-corrected chi connectivity index (χ2v) is 5.97. The fraction of sp³-hybridized carbons (Fsp3) is 0.278. The van der Waals surface area contributed by atoms with Gasteiger partial charge in [0.25, 0.3) is 5.91 Å². The predicted octanol–water partition coefficient (Wildman–Crippen LogP) is 2.91. The summed E-state index contributed by atoms with van der Waals surface area (Å²) in [5.74, 6) is 0.546. The number of carbonyl (C=O) groups is 1. The van der Waals surface area contributed by atoms with E-state index < -0.39 is 0 Å². The number of aromatic nitrogens is 3. The maximum absolute atomic E-state index is 12.4. The molecule has 3 rings (SSSR count). The van der Waals surface area contributed by atoms with E-state index in [4.69, 9.17) is 4.42 Å². The summed E-state index contributed by atoms with van der Waals surface area (Å²) in [6.45, 7) is 5.44. The van der Waals surface area contributed by atoms with Crippen molar-refractivity contribution in [1.29, 1.82) is 0 Å². The number of hydrogen-bond donors (Lipinski definition) is 1. The molecule has 1 atom stereocenters. The monoisotopic (exact) mass is 324 g/mol. The van der Waals surface area contributed by atoms with Gasteiger partial charge in [0.15, 0.2) is 17.8 Å². The Morgan fingerprint density at radius 3 is 2.83 bits per heavy atom. The first-order chi connectivity index (χ1) is 11.6. The van der Waals surface area contributed by atoms with Gasteiger partial charge in [0.1, 0.15) is 0 Å². The first-order valence-corrected chi connectivity index (χ1v) is 7.88. The van der Waals surface area contributed by atoms with Gasteiger partial charge in [0.2, 0.25) is 0 Å². The maximum Gasteiger partial charge on any atom is 0.273 e. The average molecular weight is 324 g/mol. The number of amides is 1. The third-order valence-electron chi connectivity index (χ3n) is 3.79. The zero-order valence-corrected chi connectivity index (χ0v) is 13.8. The van der Waals surface area contributed by atoms with Crippen molar-refractivity contribution in [2.75, 3.05) is 6.54 Å². The Morgan fingerprint density at radius 2 is 2.12 bits per heavy atom. The predicted molar refractivity (Wildman–Crippen MR) is 90.4 cm³/mol. The van der Waals surface area contributed by atoms with Gasteiger partial charge in [-0.1, -0.05) is 36.8 Å². The second-order valence-electron chi connectivity index (χ2n) is 5.97. The molecule has 0 saturated heterocycles. The van der Waals surface area contributed by atoms with E-state index in [0.29, 0.717) is 18.0 Å². The molecule has 1 aromatic carbocycles. The topological polar surface area (TPSA) is 73.0 Å². The van der Waals surface area contributed by atoms with Crippen molar-refractivity contribution in [1.82, 2.24) is 19.9 Å². The molecule has 0 fully saturated rings. The van der Waals surface area contributed by atoms with Crippen molar-refractivity contribution < 1.29 is 9.21 Å². The SMILES string of the molecule is Cc1ccc(-c2ocnc2C(=O)NC[C@@H](C)Cn2ccnc2)cc1. The largest absolute Gasteiger partial charge is 0.443 e. The molecule has 0 aliphatic carbocycles. The Labute approximate surface area is 140 Å². The van der Waals surface area contributed by atoms with E-state index in [2.05, 4.69) is 22.2 Å². The standard InChI is InChI=1S/C18H20N4O2/c1-13-3-5-15(6-4-13)17-16(21-12-24-17)18(23)20-9-14(2)10-22-8-7-19-11-22/h3-8,11-12,14H,9-10H2,1-2H3,(H,20,23)/t14-/m1/s1. The Bertz CT molecular complexity index is 791. The second kappa shape index (κ2) is 7.12. The van der Waals surface area contributed by atoms with E-state index in [9.17, 15) is 4.79 Å². The molecule has 0 aliphatic heterocycles. The van der Waals surface area contributed by atoms with Gasteiger partial charge in [0, 0.05) is 31.0 Å². The maximum atomic E-state index is 12.4. The van der Waals surface area contributed by atoms with E-state index in [1.807, 2.05) is 42.0 Å². The fourth-order valence-electron chi connectivity index (χ4n) is 2.49. The van der Waals surface area contributed by atoms with Gasteiger partial charge in [-0.15, -0.1) is 0 Å². The molecule has 3 aromatic rings. The molecule has 2 heterocycles. The zero-order valence-electron chi connectivity index (χ0n) is 13.8. The lowest BCUT2D eigenvalue weighted by molar-refractivity contribution is 0.0942. The molecule has 0 unspecified atom stereocenters. The summed E-state index contributed by atoms with van der Waals surface area (Å²) in [7, 11) is 0. The smallest absolute Gasteiger partial charge is 0.273 e. The molecule has 1 amide bonds. The van der Waals surface area contributed by atoms with Crippen LogP contribution >= 0.6 is 0 Å². The van der Waals surface area contributed by atoms with Crippen LogP contribution in [0.25, 0.3) is 11.3 Å². The van der Waals surface area contributed by atoms with E-state index in [-0.39, 0.29) is 11.8 Å². The van der Waals surface area contributed by atoms with Crippen LogP contribution in [-0.4, -0.2) is 27.0 Å². The van der Waals surface area contributed by atoms with Gasteiger partial charge < -0.3 is 14.3 Å². The number of rotatable bonds is 6. The Kier molecular flexibility index (Phi) is 4.74. The van der Waals surface area contributed by atoms with Crippen LogP contribution in [0.15, 0.2) is 53.8 Å². The van der Waals surface area contributed by atoms with Crippen LogP contribution in [0.5, 0.6) is 0 Å². The van der Waals surface area contributed by atoms with Gasteiger partial charge in [-0.25, -0.2) is 9.97 Å². The lowest BCUT2D eigenvalue weighted by Gasteiger charge is -2.12. The molecular formula is C18H20N4O2. The molecule has 0 bridgehead atoms. The van der Waals surface area contributed by atoms with Crippen molar-refractivity contribution in [3.05, 3.63) is 60.6 Å². The highest BCUT2D eigenvalue weighted by atomic mass is 16.3. The van der Waals surface area contributed by atoms with Crippen LogP contribution in [0.4, 0.5) is 0 Å². The molecule has 0 spiro atoms. The third kappa shape index (κ3) is 3.71. The number of hydrogen-bond acceptors (Lipinski definition) is 4. The van der Waals surface area contributed by atoms with E-state index in [0.717, 1.165) is 17.7 Å². The highest BCUT2D eigenvalue weighted by Crippen LogP contribution is 2.23. The molecule has 0 aliphatic rings. The molecule has 124 valence electrons. The normalized spacial score (nSPS) is 12.1. The molecule has 6 nitrogen and oxygen atoms in total. The Balaban J connectivity index is 1.63. The van der Waals surface area contributed by atoms with E-state index in [1.165, 1.54) is 6.39 Å². The van der Waals surface area contributed by atoms with Crippen LogP contribution in [-0.2, 0) is 6.54 Å². The highest BCUT2D eigenvalue weighted by molar-refractivity contribution is 5.97. The van der Waals surface area contributed by atoms with Gasteiger partial charge in [-0.3, -0.25) is 4.79 Å². The number of nitrogens with one attached hydrogen (secondary N) is 1. The fourth-order valence-corrected chi connectivity index (χ4v) is 2.49. The highest BCUT2D eigenvalue weighted by Gasteiger charge is 2.18. The van der Waals surface area contributed by atoms with Crippen molar-refractivity contribution in [2.45, 2.75) is 20.4 Å². The lowest BCUT2D eigenvalue weighted by atomic mass is 10.1. The van der Waals surface area contributed by atoms with Gasteiger partial charge in [-0.05, 0) is 12.8 Å². The van der Waals surface area contributed by atoms with Crippen molar-refractivity contribution in [3.8, 4) is 11.3 Å². The molecule has 0 saturated carbocycles. The van der Waals surface area contributed by atoms with Gasteiger partial charge >= 0.3 is 0 Å². The minimum absolute atomic E-state index is 0.225. The average Bonchev–Trinajstić information content (AvgIpc) is 3.25. The quantitative estimate of drug-likeness (QED) is 0.756. The summed E-state index contributed by atoms with van der Waals surface area (Å²) >= 11 is 0. The molecular weight excluding hydrogens is 304 g/mol. The summed E-state index contributed by atoms with van der Waals surface area (Å²) < 4.78 is 7.41. The molecule has 6 heteroatoms. The van der Waals surface area contributed by atoms with Gasteiger partial charge in [-0.2, -0.15) is 0 Å². The van der Waals surface area contributed by atoms with E-state index in [1.54, 1.807) is 12.5 Å². The summed E-state index contributed by atoms with van der Waals surface area (Å²) in [6, 6.07) is 7.81. The zero-order chi connectivity index (χ0) is 16.9. The summed E-state index contributed by atoms with van der Waals surface area (Å²) in [4.78, 5) is 20.5. The number of benzene rings is 1. The number of imidazole rings is 1. The summed E-state index contributed by atoms with van der Waals surface area (Å²) in [5, 5.41) is 2.92. The molecule has 24 heavy (non-hydrogen) atoms.